The predicted octanol–water partition coefficient (Wildman–Crippen LogP) is 6.06. The van der Waals surface area contributed by atoms with E-state index in [-0.39, 0.29) is 17.4 Å². The maximum atomic E-state index is 12.5. The minimum Gasteiger partial charge on any atom is -0.451 e. The smallest absolute Gasteiger partial charge is 0.287 e. The third kappa shape index (κ3) is 4.37. The highest BCUT2D eigenvalue weighted by atomic mass is 32.1. The molecular weight excluding hydrogens is 438 g/mol. The van der Waals surface area contributed by atoms with Crippen LogP contribution < -0.4 is 5.32 Å². The van der Waals surface area contributed by atoms with Crippen molar-refractivity contribution in [1.82, 2.24) is 10.3 Å². The van der Waals surface area contributed by atoms with Crippen LogP contribution in [0.1, 0.15) is 16.1 Å². The lowest BCUT2D eigenvalue weighted by atomic mass is 10.1. The van der Waals surface area contributed by atoms with Crippen LogP contribution in [0.2, 0.25) is 0 Å². The first-order valence-electron chi connectivity index (χ1n) is 10.1. The highest BCUT2D eigenvalue weighted by molar-refractivity contribution is 7.21. The topological polar surface area (TPSA) is 98.3 Å². The van der Waals surface area contributed by atoms with Crippen molar-refractivity contribution < 1.29 is 14.1 Å². The van der Waals surface area contributed by atoms with E-state index < -0.39 is 4.92 Å². The van der Waals surface area contributed by atoms with Crippen molar-refractivity contribution in [2.24, 2.45) is 0 Å². The molecule has 0 fully saturated rings. The van der Waals surface area contributed by atoms with Gasteiger partial charge in [0.1, 0.15) is 10.8 Å². The second-order valence-electron chi connectivity index (χ2n) is 7.34. The van der Waals surface area contributed by atoms with Crippen LogP contribution in [0.4, 0.5) is 5.69 Å². The number of carbonyl (C=O) groups is 1. The largest absolute Gasteiger partial charge is 0.451 e. The number of fused-ring (bicyclic) bond motifs is 1. The Morgan fingerprint density at radius 3 is 2.58 bits per heavy atom. The number of hydrogen-bond donors (Lipinski definition) is 1. The van der Waals surface area contributed by atoms with Gasteiger partial charge in [0.05, 0.1) is 15.1 Å². The molecule has 8 heteroatoms. The highest BCUT2D eigenvalue weighted by Gasteiger charge is 2.14. The van der Waals surface area contributed by atoms with Crippen LogP contribution in [0.25, 0.3) is 32.1 Å². The molecule has 162 valence electrons. The van der Waals surface area contributed by atoms with Gasteiger partial charge in [-0.1, -0.05) is 48.5 Å². The fourth-order valence-corrected chi connectivity index (χ4v) is 4.39. The summed E-state index contributed by atoms with van der Waals surface area (Å²) < 4.78 is 6.76. The lowest BCUT2D eigenvalue weighted by Crippen LogP contribution is -2.22. The Kier molecular flexibility index (Phi) is 5.42. The Morgan fingerprint density at radius 2 is 1.79 bits per heavy atom. The minimum atomic E-state index is -0.470. The van der Waals surface area contributed by atoms with E-state index in [1.807, 2.05) is 42.5 Å². The van der Waals surface area contributed by atoms with E-state index in [1.54, 1.807) is 35.6 Å². The van der Waals surface area contributed by atoms with E-state index >= 15 is 0 Å². The number of nitrogens with one attached hydrogen (secondary N) is 1. The van der Waals surface area contributed by atoms with Gasteiger partial charge in [-0.25, -0.2) is 4.98 Å². The van der Waals surface area contributed by atoms with Crippen LogP contribution >= 0.6 is 11.3 Å². The van der Waals surface area contributed by atoms with E-state index in [0.717, 1.165) is 26.4 Å². The summed E-state index contributed by atoms with van der Waals surface area (Å²) in [7, 11) is 0. The maximum Gasteiger partial charge on any atom is 0.287 e. The highest BCUT2D eigenvalue weighted by Crippen LogP contribution is 2.30. The molecule has 0 bridgehead atoms. The van der Waals surface area contributed by atoms with Gasteiger partial charge in [0.2, 0.25) is 0 Å². The Labute approximate surface area is 192 Å². The summed E-state index contributed by atoms with van der Waals surface area (Å²) in [5.74, 6) is 0.175. The summed E-state index contributed by atoms with van der Waals surface area (Å²) in [6.45, 7) is 0.339. The molecule has 0 aliphatic rings. The molecule has 7 nitrogen and oxygen atoms in total. The van der Waals surface area contributed by atoms with Crippen molar-refractivity contribution in [3.05, 3.63) is 106 Å². The molecule has 0 saturated carbocycles. The summed E-state index contributed by atoms with van der Waals surface area (Å²) >= 11 is 1.64. The Morgan fingerprint density at radius 1 is 0.970 bits per heavy atom. The van der Waals surface area contributed by atoms with E-state index in [0.29, 0.717) is 17.9 Å². The lowest BCUT2D eigenvalue weighted by molar-refractivity contribution is -0.384. The van der Waals surface area contributed by atoms with Gasteiger partial charge in [-0.05, 0) is 29.8 Å². The van der Waals surface area contributed by atoms with Crippen LogP contribution in [-0.4, -0.2) is 15.8 Å². The van der Waals surface area contributed by atoms with Crippen molar-refractivity contribution >= 4 is 33.1 Å². The maximum absolute atomic E-state index is 12.5. The third-order valence-corrected chi connectivity index (χ3v) is 6.20. The molecule has 0 radical (unpaired) electrons. The first kappa shape index (κ1) is 20.6. The first-order chi connectivity index (χ1) is 16.1. The summed E-state index contributed by atoms with van der Waals surface area (Å²) in [6, 6.07) is 25.2. The van der Waals surface area contributed by atoms with Gasteiger partial charge >= 0.3 is 0 Å². The Balaban J connectivity index is 1.24. The fraction of sp³-hybridized carbons (Fsp3) is 0.0400. The number of nitrogens with zero attached hydrogens (tertiary/aromatic N) is 2. The van der Waals surface area contributed by atoms with Gasteiger partial charge in [-0.3, -0.25) is 14.9 Å². The number of thiazole rings is 1. The Hall–Kier alpha value is -4.30. The standard InChI is InChI=1S/C25H17N3O4S/c29-24(22-13-12-21(32-22)18-4-3-5-19(14-18)28(30)31)26-15-16-8-10-17(11-9-16)25-27-20-6-1-2-7-23(20)33-25/h1-14H,15H2,(H,26,29). The van der Waals surface area contributed by atoms with Crippen LogP contribution in [0.5, 0.6) is 0 Å². The van der Waals surface area contributed by atoms with E-state index in [4.69, 9.17) is 4.42 Å². The number of para-hydroxylation sites is 1. The van der Waals surface area contributed by atoms with E-state index in [1.165, 1.54) is 12.1 Å². The SMILES string of the molecule is O=C(NCc1ccc(-c2nc3ccccc3s2)cc1)c1ccc(-c2cccc([N+](=O)[O-])c2)o1. The van der Waals surface area contributed by atoms with Crippen LogP contribution in [0.15, 0.2) is 89.3 Å². The normalized spacial score (nSPS) is 10.9. The van der Waals surface area contributed by atoms with Crippen LogP contribution in [0.3, 0.4) is 0 Å². The van der Waals surface area contributed by atoms with Gasteiger partial charge in [0.15, 0.2) is 5.76 Å². The first-order valence-corrected chi connectivity index (χ1v) is 11.0. The van der Waals surface area contributed by atoms with Crippen molar-refractivity contribution in [3.63, 3.8) is 0 Å². The predicted molar refractivity (Wildman–Crippen MR) is 127 cm³/mol. The molecule has 0 unspecified atom stereocenters. The number of hydrogen-bond acceptors (Lipinski definition) is 6. The van der Waals surface area contributed by atoms with Gasteiger partial charge in [-0.2, -0.15) is 0 Å². The van der Waals surface area contributed by atoms with Crippen LogP contribution in [-0.2, 0) is 6.54 Å². The summed E-state index contributed by atoms with van der Waals surface area (Å²) in [6.07, 6.45) is 0. The van der Waals surface area contributed by atoms with Gasteiger partial charge in [0, 0.05) is 29.8 Å². The Bertz CT molecular complexity index is 1440. The number of carbonyl (C=O) groups excluding carboxylic acids is 1. The molecule has 0 saturated heterocycles. The zero-order valence-corrected chi connectivity index (χ0v) is 18.0. The molecule has 1 amide bonds. The molecule has 5 rings (SSSR count). The van der Waals surface area contributed by atoms with Crippen molar-refractivity contribution in [2.75, 3.05) is 0 Å². The average molecular weight is 455 g/mol. The molecule has 2 heterocycles. The second kappa shape index (κ2) is 8.68. The number of aromatic nitrogens is 1. The molecule has 3 aromatic carbocycles. The molecule has 33 heavy (non-hydrogen) atoms. The molecule has 1 N–H and O–H groups in total. The summed E-state index contributed by atoms with van der Waals surface area (Å²) in [5.41, 5.74) is 3.45. The van der Waals surface area contributed by atoms with Crippen molar-refractivity contribution in [2.45, 2.75) is 6.54 Å². The van der Waals surface area contributed by atoms with E-state index in [9.17, 15) is 14.9 Å². The monoisotopic (exact) mass is 455 g/mol. The number of furan rings is 1. The lowest BCUT2D eigenvalue weighted by Gasteiger charge is -2.05. The van der Waals surface area contributed by atoms with Gasteiger partial charge in [-0.15, -0.1) is 11.3 Å². The fourth-order valence-electron chi connectivity index (χ4n) is 3.42. The van der Waals surface area contributed by atoms with Crippen molar-refractivity contribution in [1.29, 1.82) is 0 Å². The molecule has 0 aliphatic heterocycles. The second-order valence-corrected chi connectivity index (χ2v) is 8.37. The van der Waals surface area contributed by atoms with Crippen LogP contribution in [0, 0.1) is 10.1 Å². The minimum absolute atomic E-state index is 0.0378. The molecular formula is C25H17N3O4S. The summed E-state index contributed by atoms with van der Waals surface area (Å²) in [4.78, 5) is 27.7. The summed E-state index contributed by atoms with van der Waals surface area (Å²) in [5, 5.41) is 14.8. The van der Waals surface area contributed by atoms with Gasteiger partial charge in [0.25, 0.3) is 11.6 Å². The quantitative estimate of drug-likeness (QED) is 0.248. The number of rotatable bonds is 6. The van der Waals surface area contributed by atoms with Crippen molar-refractivity contribution in [3.8, 4) is 21.9 Å². The molecule has 0 spiro atoms. The number of nitro benzene ring substituents is 1. The molecule has 2 aromatic heterocycles. The van der Waals surface area contributed by atoms with E-state index in [2.05, 4.69) is 16.4 Å². The molecule has 5 aromatic rings. The van der Waals surface area contributed by atoms with Gasteiger partial charge < -0.3 is 9.73 Å². The zero-order valence-electron chi connectivity index (χ0n) is 17.2. The number of amides is 1. The average Bonchev–Trinajstić information content (AvgIpc) is 3.51. The number of non-ortho nitro benzene ring substituents is 1. The third-order valence-electron chi connectivity index (χ3n) is 5.12. The molecule has 0 atom stereocenters. The number of benzene rings is 3. The molecule has 0 aliphatic carbocycles. The number of nitro groups is 1. The zero-order chi connectivity index (χ0) is 22.8.